The normalized spacial score (nSPS) is 10.1. The second kappa shape index (κ2) is 7.42. The molecule has 0 fully saturated rings. The third-order valence-corrected chi connectivity index (χ3v) is 3.35. The number of anilines is 1. The third kappa shape index (κ3) is 3.66. The summed E-state index contributed by atoms with van der Waals surface area (Å²) in [5, 5.41) is 24.1. The van der Waals surface area contributed by atoms with E-state index in [4.69, 9.17) is 9.47 Å². The lowest BCUT2D eigenvalue weighted by molar-refractivity contribution is -0.385. The van der Waals surface area contributed by atoms with Crippen LogP contribution >= 0.6 is 0 Å². The summed E-state index contributed by atoms with van der Waals surface area (Å²) in [7, 11) is 2.53. The van der Waals surface area contributed by atoms with Crippen LogP contribution in [0.1, 0.15) is 10.4 Å². The molecule has 1 amide bonds. The summed E-state index contributed by atoms with van der Waals surface area (Å²) >= 11 is 0. The molecule has 0 aliphatic carbocycles. The number of ether oxygens (including phenoxy) is 2. The van der Waals surface area contributed by atoms with Gasteiger partial charge in [-0.05, 0) is 6.07 Å². The predicted molar refractivity (Wildman–Crippen MR) is 87.2 cm³/mol. The van der Waals surface area contributed by atoms with Gasteiger partial charge in [-0.2, -0.15) is 0 Å². The largest absolute Gasteiger partial charge is 0.493 e. The van der Waals surface area contributed by atoms with Crippen LogP contribution in [0.5, 0.6) is 11.5 Å². The summed E-state index contributed by atoms with van der Waals surface area (Å²) in [5.41, 5.74) is -1.98. The van der Waals surface area contributed by atoms with E-state index in [2.05, 4.69) is 5.32 Å². The Labute approximate surface area is 145 Å². The van der Waals surface area contributed by atoms with Crippen LogP contribution in [0.15, 0.2) is 30.3 Å². The SMILES string of the molecule is COc1cc(C(=O)Nc2cc([N+](=O)[O-])ccc2F)c([N+](=O)[O-])cc1OC. The average molecular weight is 365 g/mol. The number of rotatable bonds is 6. The molecule has 11 heteroatoms. The molecule has 0 aliphatic heterocycles. The lowest BCUT2D eigenvalue weighted by atomic mass is 10.1. The van der Waals surface area contributed by atoms with Crippen LogP contribution in [-0.2, 0) is 0 Å². The van der Waals surface area contributed by atoms with Crippen LogP contribution in [0, 0.1) is 26.0 Å². The van der Waals surface area contributed by atoms with Crippen molar-refractivity contribution in [3.05, 3.63) is 61.9 Å². The van der Waals surface area contributed by atoms with Crippen molar-refractivity contribution in [3.8, 4) is 11.5 Å². The maximum absolute atomic E-state index is 13.8. The molecule has 0 radical (unpaired) electrons. The highest BCUT2D eigenvalue weighted by atomic mass is 19.1. The minimum Gasteiger partial charge on any atom is -0.493 e. The van der Waals surface area contributed by atoms with Crippen LogP contribution in [0.3, 0.4) is 0 Å². The number of nitro groups is 2. The minimum atomic E-state index is -1.04. The number of nitro benzene ring substituents is 2. The summed E-state index contributed by atoms with van der Waals surface area (Å²) in [5.74, 6) is -1.91. The van der Waals surface area contributed by atoms with Gasteiger partial charge in [0.05, 0.1) is 35.8 Å². The van der Waals surface area contributed by atoms with Crippen molar-refractivity contribution >= 4 is 23.0 Å². The topological polar surface area (TPSA) is 134 Å². The molecule has 26 heavy (non-hydrogen) atoms. The van der Waals surface area contributed by atoms with Gasteiger partial charge in [-0.25, -0.2) is 4.39 Å². The number of hydrogen-bond acceptors (Lipinski definition) is 7. The molecular weight excluding hydrogens is 353 g/mol. The van der Waals surface area contributed by atoms with Gasteiger partial charge in [0.2, 0.25) is 0 Å². The molecular formula is C15H12FN3O7. The van der Waals surface area contributed by atoms with Crippen molar-refractivity contribution in [2.24, 2.45) is 0 Å². The Morgan fingerprint density at radius 3 is 2.19 bits per heavy atom. The first-order valence-electron chi connectivity index (χ1n) is 6.94. The minimum absolute atomic E-state index is 0.0253. The molecule has 2 aromatic rings. The second-order valence-electron chi connectivity index (χ2n) is 4.86. The number of carbonyl (C=O) groups excluding carboxylic acids is 1. The fraction of sp³-hybridized carbons (Fsp3) is 0.133. The smallest absolute Gasteiger partial charge is 0.286 e. The first kappa shape index (κ1) is 18.6. The van der Waals surface area contributed by atoms with Crippen molar-refractivity contribution in [2.45, 2.75) is 0 Å². The van der Waals surface area contributed by atoms with Gasteiger partial charge >= 0.3 is 0 Å². The van der Waals surface area contributed by atoms with E-state index < -0.39 is 44.2 Å². The number of halogens is 1. The molecule has 1 N–H and O–H groups in total. The number of benzene rings is 2. The van der Waals surface area contributed by atoms with Gasteiger partial charge in [0, 0.05) is 18.2 Å². The van der Waals surface area contributed by atoms with Gasteiger partial charge in [0.25, 0.3) is 17.3 Å². The maximum atomic E-state index is 13.8. The van der Waals surface area contributed by atoms with Gasteiger partial charge in [0.15, 0.2) is 11.5 Å². The predicted octanol–water partition coefficient (Wildman–Crippen LogP) is 2.91. The number of nitrogens with zero attached hydrogens (tertiary/aromatic N) is 2. The molecule has 0 saturated carbocycles. The molecule has 0 unspecified atom stereocenters. The van der Waals surface area contributed by atoms with Crippen molar-refractivity contribution < 1.29 is 28.5 Å². The first-order chi connectivity index (χ1) is 12.3. The van der Waals surface area contributed by atoms with Gasteiger partial charge in [0.1, 0.15) is 11.4 Å². The van der Waals surface area contributed by atoms with E-state index in [1.54, 1.807) is 0 Å². The van der Waals surface area contributed by atoms with E-state index in [0.717, 1.165) is 30.3 Å². The highest BCUT2D eigenvalue weighted by molar-refractivity contribution is 6.07. The quantitative estimate of drug-likeness (QED) is 0.614. The summed E-state index contributed by atoms with van der Waals surface area (Å²) in [6, 6.07) is 4.57. The monoisotopic (exact) mass is 365 g/mol. The number of methoxy groups -OCH3 is 2. The lowest BCUT2D eigenvalue weighted by Crippen LogP contribution is -2.15. The Morgan fingerprint density at radius 1 is 1.04 bits per heavy atom. The number of nitrogens with one attached hydrogen (secondary N) is 1. The molecule has 0 aromatic heterocycles. The van der Waals surface area contributed by atoms with Gasteiger partial charge in [-0.3, -0.25) is 25.0 Å². The van der Waals surface area contributed by atoms with Crippen LogP contribution in [-0.4, -0.2) is 30.0 Å². The maximum Gasteiger partial charge on any atom is 0.286 e. The molecule has 10 nitrogen and oxygen atoms in total. The zero-order chi connectivity index (χ0) is 19.4. The molecule has 0 atom stereocenters. The standard InChI is InChI=1S/C15H12FN3O7/c1-25-13-6-9(12(19(23)24)7-14(13)26-2)15(20)17-11-5-8(18(21)22)3-4-10(11)16/h3-7H,1-2H3,(H,17,20). The first-order valence-corrected chi connectivity index (χ1v) is 6.94. The molecule has 0 spiro atoms. The zero-order valence-electron chi connectivity index (χ0n) is 13.5. The lowest BCUT2D eigenvalue weighted by Gasteiger charge is -2.11. The van der Waals surface area contributed by atoms with Gasteiger partial charge in [-0.15, -0.1) is 0 Å². The van der Waals surface area contributed by atoms with E-state index in [0.29, 0.717) is 0 Å². The molecule has 2 aromatic carbocycles. The average Bonchev–Trinajstić information content (AvgIpc) is 2.61. The summed E-state index contributed by atoms with van der Waals surface area (Å²) in [6.45, 7) is 0. The second-order valence-corrected chi connectivity index (χ2v) is 4.86. The highest BCUT2D eigenvalue weighted by Crippen LogP contribution is 2.35. The van der Waals surface area contributed by atoms with Crippen molar-refractivity contribution in [2.75, 3.05) is 19.5 Å². The molecule has 2 rings (SSSR count). The van der Waals surface area contributed by atoms with Crippen molar-refractivity contribution in [3.63, 3.8) is 0 Å². The van der Waals surface area contributed by atoms with Crippen molar-refractivity contribution in [1.82, 2.24) is 0 Å². The van der Waals surface area contributed by atoms with Gasteiger partial charge < -0.3 is 14.8 Å². The van der Waals surface area contributed by atoms with Gasteiger partial charge in [-0.1, -0.05) is 0 Å². The number of hydrogen-bond donors (Lipinski definition) is 1. The molecule has 0 heterocycles. The van der Waals surface area contributed by atoms with Crippen LogP contribution in [0.2, 0.25) is 0 Å². The Hall–Kier alpha value is -3.76. The van der Waals surface area contributed by atoms with E-state index in [1.807, 2.05) is 0 Å². The fourth-order valence-electron chi connectivity index (χ4n) is 2.11. The number of amides is 1. The van der Waals surface area contributed by atoms with E-state index in [9.17, 15) is 29.4 Å². The Balaban J connectivity index is 2.48. The summed E-state index contributed by atoms with van der Waals surface area (Å²) < 4.78 is 23.8. The summed E-state index contributed by atoms with van der Waals surface area (Å²) in [4.78, 5) is 32.8. The highest BCUT2D eigenvalue weighted by Gasteiger charge is 2.25. The van der Waals surface area contributed by atoms with Crippen LogP contribution in [0.4, 0.5) is 21.5 Å². The Kier molecular flexibility index (Phi) is 5.30. The van der Waals surface area contributed by atoms with Crippen LogP contribution < -0.4 is 14.8 Å². The van der Waals surface area contributed by atoms with E-state index >= 15 is 0 Å². The zero-order valence-corrected chi connectivity index (χ0v) is 13.5. The number of carbonyl (C=O) groups is 1. The molecule has 0 aliphatic rings. The Bertz CT molecular complexity index is 901. The number of non-ortho nitro benzene ring substituents is 1. The van der Waals surface area contributed by atoms with E-state index in [-0.39, 0.29) is 11.5 Å². The fourth-order valence-corrected chi connectivity index (χ4v) is 2.11. The summed E-state index contributed by atoms with van der Waals surface area (Å²) in [6.07, 6.45) is 0. The Morgan fingerprint density at radius 2 is 1.65 bits per heavy atom. The van der Waals surface area contributed by atoms with Crippen LogP contribution in [0.25, 0.3) is 0 Å². The molecule has 0 saturated heterocycles. The van der Waals surface area contributed by atoms with Crippen molar-refractivity contribution in [1.29, 1.82) is 0 Å². The molecule has 136 valence electrons. The molecule has 0 bridgehead atoms. The van der Waals surface area contributed by atoms with E-state index in [1.165, 1.54) is 14.2 Å². The third-order valence-electron chi connectivity index (χ3n) is 3.35.